The van der Waals surface area contributed by atoms with Gasteiger partial charge in [0, 0.05) is 14.2 Å². The van der Waals surface area contributed by atoms with Crippen LogP contribution < -0.4 is 10.0 Å². The lowest BCUT2D eigenvalue weighted by Crippen LogP contribution is -2.11. The van der Waals surface area contributed by atoms with Crippen molar-refractivity contribution in [2.75, 3.05) is 14.2 Å². The van der Waals surface area contributed by atoms with Crippen LogP contribution in [0.2, 0.25) is 0 Å². The van der Waals surface area contributed by atoms with Crippen LogP contribution in [0, 0.1) is 13.8 Å². The molecule has 0 spiro atoms. The molecule has 2 aromatic carbocycles. The molecule has 2 aromatic rings. The average Bonchev–Trinajstić information content (AvgIpc) is 2.50. The molecule has 0 bridgehead atoms. The van der Waals surface area contributed by atoms with E-state index in [1.54, 1.807) is 12.1 Å². The Morgan fingerprint density at radius 3 is 2.00 bits per heavy atom. The molecule has 0 N–H and O–H groups in total. The fraction of sp³-hybridized carbons (Fsp3) is 0.250. The summed E-state index contributed by atoms with van der Waals surface area (Å²) in [5.41, 5.74) is 2.10. The molecule has 0 fully saturated rings. The van der Waals surface area contributed by atoms with E-state index in [0.717, 1.165) is 11.1 Å². The van der Waals surface area contributed by atoms with Gasteiger partial charge in [0.2, 0.25) is 0 Å². The van der Waals surface area contributed by atoms with Crippen LogP contribution in [0.15, 0.2) is 42.5 Å². The summed E-state index contributed by atoms with van der Waals surface area (Å²) < 4.78 is 28.6. The van der Waals surface area contributed by atoms with Gasteiger partial charge in [0.05, 0.1) is 0 Å². The molecule has 112 valence electrons. The third-order valence-electron chi connectivity index (χ3n) is 3.14. The number of benzene rings is 2. The average molecular weight is 306 g/mol. The van der Waals surface area contributed by atoms with E-state index in [1.807, 2.05) is 44.2 Å². The third-order valence-corrected chi connectivity index (χ3v) is 5.04. The molecule has 0 saturated carbocycles. The zero-order chi connectivity index (χ0) is 15.5. The Labute approximate surface area is 125 Å². The predicted octanol–water partition coefficient (Wildman–Crippen LogP) is 4.21. The van der Waals surface area contributed by atoms with Crippen LogP contribution in [0.5, 0.6) is 11.5 Å². The molecule has 0 atom stereocenters. The molecule has 0 aliphatic rings. The second kappa shape index (κ2) is 6.44. The van der Waals surface area contributed by atoms with Gasteiger partial charge in [0.1, 0.15) is 16.8 Å². The van der Waals surface area contributed by atoms with Gasteiger partial charge >= 0.3 is 7.60 Å². The second-order valence-corrected chi connectivity index (χ2v) is 6.96. The summed E-state index contributed by atoms with van der Waals surface area (Å²) in [7, 11) is -0.643. The van der Waals surface area contributed by atoms with Crippen LogP contribution in [-0.4, -0.2) is 14.2 Å². The summed E-state index contributed by atoms with van der Waals surface area (Å²) in [6.45, 7) is 3.92. The van der Waals surface area contributed by atoms with Gasteiger partial charge in [-0.1, -0.05) is 23.8 Å². The van der Waals surface area contributed by atoms with Gasteiger partial charge in [-0.05, 0) is 43.7 Å². The van der Waals surface area contributed by atoms with Gasteiger partial charge in [-0.3, -0.25) is 4.57 Å². The van der Waals surface area contributed by atoms with Crippen molar-refractivity contribution in [3.05, 3.63) is 53.6 Å². The quantitative estimate of drug-likeness (QED) is 0.776. The lowest BCUT2D eigenvalue weighted by atomic mass is 10.2. The van der Waals surface area contributed by atoms with Crippen molar-refractivity contribution in [1.29, 1.82) is 0 Å². The minimum absolute atomic E-state index is 0.424. The highest BCUT2D eigenvalue weighted by Crippen LogP contribution is 2.48. The predicted molar refractivity (Wildman–Crippen MR) is 83.7 cm³/mol. The highest BCUT2D eigenvalue weighted by atomic mass is 31.2. The molecule has 0 saturated heterocycles. The first kappa shape index (κ1) is 15.8. The van der Waals surface area contributed by atoms with Gasteiger partial charge in [-0.2, -0.15) is 0 Å². The Morgan fingerprint density at radius 1 is 0.857 bits per heavy atom. The molecule has 0 aliphatic heterocycles. The minimum atomic E-state index is -3.37. The third kappa shape index (κ3) is 3.53. The Bertz CT molecular complexity index is 656. The van der Waals surface area contributed by atoms with E-state index in [4.69, 9.17) is 13.8 Å². The first-order chi connectivity index (χ1) is 9.98. The first-order valence-corrected chi connectivity index (χ1v) is 8.10. The van der Waals surface area contributed by atoms with Crippen molar-refractivity contribution in [3.63, 3.8) is 0 Å². The molecular formula is C16H19O4P. The van der Waals surface area contributed by atoms with Crippen molar-refractivity contribution >= 4 is 12.9 Å². The topological polar surface area (TPSA) is 44.8 Å². The SMILES string of the molecule is COP(=O)(OC)c1cc(C)ccc1Oc1ccc(C)cc1. The highest BCUT2D eigenvalue weighted by Gasteiger charge is 2.29. The largest absolute Gasteiger partial charge is 0.456 e. The maximum Gasteiger partial charge on any atom is 0.364 e. The normalized spacial score (nSPS) is 11.4. The summed E-state index contributed by atoms with van der Waals surface area (Å²) >= 11 is 0. The number of aryl methyl sites for hydroxylation is 2. The fourth-order valence-electron chi connectivity index (χ4n) is 1.93. The summed E-state index contributed by atoms with van der Waals surface area (Å²) in [4.78, 5) is 0. The van der Waals surface area contributed by atoms with Gasteiger partial charge in [-0.25, -0.2) is 0 Å². The van der Waals surface area contributed by atoms with E-state index in [9.17, 15) is 4.57 Å². The van der Waals surface area contributed by atoms with E-state index in [-0.39, 0.29) is 0 Å². The molecule has 0 unspecified atom stereocenters. The van der Waals surface area contributed by atoms with Crippen LogP contribution in [0.25, 0.3) is 0 Å². The van der Waals surface area contributed by atoms with Crippen molar-refractivity contribution in [1.82, 2.24) is 0 Å². The summed E-state index contributed by atoms with van der Waals surface area (Å²) in [6, 6.07) is 13.1. The van der Waals surface area contributed by atoms with Crippen molar-refractivity contribution in [2.45, 2.75) is 13.8 Å². The summed E-state index contributed by atoms with van der Waals surface area (Å²) in [6.07, 6.45) is 0. The fourth-order valence-corrected chi connectivity index (χ4v) is 3.23. The molecule has 0 heterocycles. The van der Waals surface area contributed by atoms with Crippen LogP contribution in [-0.2, 0) is 13.6 Å². The number of hydrogen-bond donors (Lipinski definition) is 0. The molecule has 0 amide bonds. The van der Waals surface area contributed by atoms with Crippen LogP contribution >= 0.6 is 7.60 Å². The Kier molecular flexibility index (Phi) is 4.84. The number of ether oxygens (including phenoxy) is 1. The Morgan fingerprint density at radius 2 is 1.43 bits per heavy atom. The van der Waals surface area contributed by atoms with Crippen LogP contribution in [0.4, 0.5) is 0 Å². The molecule has 0 aromatic heterocycles. The maximum atomic E-state index is 12.6. The van der Waals surface area contributed by atoms with Gasteiger partial charge < -0.3 is 13.8 Å². The van der Waals surface area contributed by atoms with E-state index < -0.39 is 7.60 Å². The van der Waals surface area contributed by atoms with Gasteiger partial charge in [-0.15, -0.1) is 0 Å². The highest BCUT2D eigenvalue weighted by molar-refractivity contribution is 7.62. The second-order valence-electron chi connectivity index (χ2n) is 4.75. The molecule has 4 nitrogen and oxygen atoms in total. The van der Waals surface area contributed by atoms with E-state index >= 15 is 0 Å². The monoisotopic (exact) mass is 306 g/mol. The Balaban J connectivity index is 2.44. The lowest BCUT2D eigenvalue weighted by Gasteiger charge is -2.18. The standard InChI is InChI=1S/C16H19O4P/c1-12-5-8-14(9-6-12)20-15-10-7-13(2)11-16(15)21(17,18-3)19-4/h5-11H,1-4H3. The first-order valence-electron chi connectivity index (χ1n) is 6.56. The van der Waals surface area contributed by atoms with Gasteiger partial charge in [0.15, 0.2) is 0 Å². The van der Waals surface area contributed by atoms with E-state index in [2.05, 4.69) is 0 Å². The zero-order valence-electron chi connectivity index (χ0n) is 12.6. The molecule has 21 heavy (non-hydrogen) atoms. The molecule has 2 rings (SSSR count). The van der Waals surface area contributed by atoms with Crippen molar-refractivity contribution < 1.29 is 18.3 Å². The Hall–Kier alpha value is -1.61. The molecule has 0 radical (unpaired) electrons. The smallest absolute Gasteiger partial charge is 0.364 e. The van der Waals surface area contributed by atoms with Gasteiger partial charge in [0.25, 0.3) is 0 Å². The van der Waals surface area contributed by atoms with E-state index in [0.29, 0.717) is 16.8 Å². The number of rotatable bonds is 5. The van der Waals surface area contributed by atoms with Crippen molar-refractivity contribution in [3.8, 4) is 11.5 Å². The van der Waals surface area contributed by atoms with Crippen molar-refractivity contribution in [2.24, 2.45) is 0 Å². The summed E-state index contributed by atoms with van der Waals surface area (Å²) in [5, 5.41) is 0.424. The zero-order valence-corrected chi connectivity index (χ0v) is 13.5. The molecule has 5 heteroatoms. The van der Waals surface area contributed by atoms with Crippen LogP contribution in [0.1, 0.15) is 11.1 Å². The van der Waals surface area contributed by atoms with E-state index in [1.165, 1.54) is 14.2 Å². The molecule has 0 aliphatic carbocycles. The summed E-state index contributed by atoms with van der Waals surface area (Å²) in [5.74, 6) is 1.14. The van der Waals surface area contributed by atoms with Crippen LogP contribution in [0.3, 0.4) is 0 Å². The lowest BCUT2D eigenvalue weighted by molar-refractivity contribution is 0.286. The maximum absolute atomic E-state index is 12.6. The minimum Gasteiger partial charge on any atom is -0.456 e. The number of hydrogen-bond acceptors (Lipinski definition) is 4. The molecular weight excluding hydrogens is 287 g/mol.